The molecule has 2 fully saturated rings. The molecule has 0 aliphatic heterocycles. The molecule has 2 aliphatic carbocycles. The SMILES string of the molecule is O=C(CNc1ccccc1)N(CC1CCCCC1)C1CC1. The maximum Gasteiger partial charge on any atom is 0.242 e. The van der Waals surface area contributed by atoms with Gasteiger partial charge < -0.3 is 10.2 Å². The zero-order valence-electron chi connectivity index (χ0n) is 12.8. The maximum absolute atomic E-state index is 12.5. The van der Waals surface area contributed by atoms with Crippen LogP contribution in [0.3, 0.4) is 0 Å². The highest BCUT2D eigenvalue weighted by atomic mass is 16.2. The van der Waals surface area contributed by atoms with Crippen LogP contribution >= 0.6 is 0 Å². The van der Waals surface area contributed by atoms with Gasteiger partial charge in [0.15, 0.2) is 0 Å². The molecule has 2 saturated carbocycles. The van der Waals surface area contributed by atoms with Gasteiger partial charge in [-0.2, -0.15) is 0 Å². The van der Waals surface area contributed by atoms with E-state index in [1.807, 2.05) is 30.3 Å². The van der Waals surface area contributed by atoms with Crippen molar-refractivity contribution in [3.05, 3.63) is 30.3 Å². The predicted molar refractivity (Wildman–Crippen MR) is 86.2 cm³/mol. The Labute approximate surface area is 127 Å². The van der Waals surface area contributed by atoms with E-state index in [2.05, 4.69) is 10.2 Å². The van der Waals surface area contributed by atoms with Crippen molar-refractivity contribution in [2.24, 2.45) is 5.92 Å². The Bertz CT molecular complexity index is 450. The number of carbonyl (C=O) groups excluding carboxylic acids is 1. The number of anilines is 1. The summed E-state index contributed by atoms with van der Waals surface area (Å²) in [6.45, 7) is 1.41. The van der Waals surface area contributed by atoms with E-state index in [9.17, 15) is 4.79 Å². The van der Waals surface area contributed by atoms with Crippen molar-refractivity contribution in [2.75, 3.05) is 18.4 Å². The van der Waals surface area contributed by atoms with Crippen molar-refractivity contribution in [1.82, 2.24) is 4.90 Å². The lowest BCUT2D eigenvalue weighted by Crippen LogP contribution is -2.40. The standard InChI is InChI=1S/C18H26N2O/c21-18(13-19-16-9-5-2-6-10-16)20(17-11-12-17)14-15-7-3-1-4-8-15/h2,5-6,9-10,15,17,19H,1,3-4,7-8,11-14H2. The second kappa shape index (κ2) is 6.97. The van der Waals surface area contributed by atoms with Gasteiger partial charge in [-0.15, -0.1) is 0 Å². The molecule has 1 aromatic carbocycles. The summed E-state index contributed by atoms with van der Waals surface area (Å²) in [7, 11) is 0. The third kappa shape index (κ3) is 4.23. The number of hydrogen-bond acceptors (Lipinski definition) is 2. The molecule has 1 amide bonds. The van der Waals surface area contributed by atoms with Crippen LogP contribution in [-0.2, 0) is 4.79 Å². The van der Waals surface area contributed by atoms with Crippen LogP contribution < -0.4 is 5.32 Å². The van der Waals surface area contributed by atoms with Gasteiger partial charge in [0.2, 0.25) is 5.91 Å². The van der Waals surface area contributed by atoms with Gasteiger partial charge in [0, 0.05) is 18.3 Å². The molecule has 21 heavy (non-hydrogen) atoms. The summed E-state index contributed by atoms with van der Waals surface area (Å²) in [4.78, 5) is 14.7. The monoisotopic (exact) mass is 286 g/mol. The van der Waals surface area contributed by atoms with Crippen LogP contribution in [0.5, 0.6) is 0 Å². The van der Waals surface area contributed by atoms with Gasteiger partial charge in [0.05, 0.1) is 6.54 Å². The molecule has 114 valence electrons. The van der Waals surface area contributed by atoms with Crippen molar-refractivity contribution < 1.29 is 4.79 Å². The molecule has 3 rings (SSSR count). The van der Waals surface area contributed by atoms with Crippen molar-refractivity contribution in [3.8, 4) is 0 Å². The van der Waals surface area contributed by atoms with Gasteiger partial charge in [0.25, 0.3) is 0 Å². The summed E-state index contributed by atoms with van der Waals surface area (Å²) in [5.74, 6) is 1.01. The van der Waals surface area contributed by atoms with Gasteiger partial charge in [-0.3, -0.25) is 4.79 Å². The van der Waals surface area contributed by atoms with E-state index in [-0.39, 0.29) is 5.91 Å². The zero-order valence-corrected chi connectivity index (χ0v) is 12.8. The zero-order chi connectivity index (χ0) is 14.5. The Kier molecular flexibility index (Phi) is 4.79. The lowest BCUT2D eigenvalue weighted by Gasteiger charge is -2.30. The van der Waals surface area contributed by atoms with E-state index in [0.29, 0.717) is 12.6 Å². The van der Waals surface area contributed by atoms with Crippen molar-refractivity contribution in [2.45, 2.75) is 51.0 Å². The molecular weight excluding hydrogens is 260 g/mol. The summed E-state index contributed by atoms with van der Waals surface area (Å²) in [5.41, 5.74) is 1.03. The Morgan fingerprint density at radius 2 is 1.76 bits per heavy atom. The summed E-state index contributed by atoms with van der Waals surface area (Å²) in [6.07, 6.45) is 9.08. The molecule has 1 aromatic rings. The average molecular weight is 286 g/mol. The first-order chi connectivity index (χ1) is 10.3. The van der Waals surface area contributed by atoms with E-state index in [0.717, 1.165) is 18.2 Å². The minimum Gasteiger partial charge on any atom is -0.376 e. The number of para-hydroxylation sites is 1. The maximum atomic E-state index is 12.5. The molecule has 3 nitrogen and oxygen atoms in total. The second-order valence-electron chi connectivity index (χ2n) is 6.50. The molecule has 0 unspecified atom stereocenters. The fraction of sp³-hybridized carbons (Fsp3) is 0.611. The van der Waals surface area contributed by atoms with Crippen LogP contribution in [0.2, 0.25) is 0 Å². The fourth-order valence-corrected chi connectivity index (χ4v) is 3.32. The highest BCUT2D eigenvalue weighted by molar-refractivity contribution is 5.81. The fourth-order valence-electron chi connectivity index (χ4n) is 3.32. The average Bonchev–Trinajstić information content (AvgIpc) is 3.37. The topological polar surface area (TPSA) is 32.3 Å². The van der Waals surface area contributed by atoms with Crippen LogP contribution in [0.15, 0.2) is 30.3 Å². The smallest absolute Gasteiger partial charge is 0.242 e. The first-order valence-corrected chi connectivity index (χ1v) is 8.41. The summed E-state index contributed by atoms with van der Waals surface area (Å²) < 4.78 is 0. The first kappa shape index (κ1) is 14.4. The lowest BCUT2D eigenvalue weighted by molar-refractivity contribution is -0.130. The van der Waals surface area contributed by atoms with E-state index >= 15 is 0 Å². The molecule has 0 bridgehead atoms. The van der Waals surface area contributed by atoms with E-state index in [1.165, 1.54) is 44.9 Å². The highest BCUT2D eigenvalue weighted by Gasteiger charge is 2.33. The molecule has 0 radical (unpaired) electrons. The van der Waals surface area contributed by atoms with Gasteiger partial charge in [-0.25, -0.2) is 0 Å². The van der Waals surface area contributed by atoms with Crippen LogP contribution in [0, 0.1) is 5.92 Å². The Morgan fingerprint density at radius 3 is 2.43 bits per heavy atom. The molecular formula is C18H26N2O. The third-order valence-electron chi connectivity index (χ3n) is 4.71. The minimum atomic E-state index is 0.270. The van der Waals surface area contributed by atoms with E-state index in [1.54, 1.807) is 0 Å². The molecule has 0 spiro atoms. The number of benzene rings is 1. The molecule has 1 N–H and O–H groups in total. The van der Waals surface area contributed by atoms with Gasteiger partial charge in [0.1, 0.15) is 0 Å². The molecule has 0 aromatic heterocycles. The summed E-state index contributed by atoms with van der Waals surface area (Å²) >= 11 is 0. The van der Waals surface area contributed by atoms with Crippen LogP contribution in [0.1, 0.15) is 44.9 Å². The molecule has 2 aliphatic rings. The normalized spacial score (nSPS) is 19.2. The number of carbonyl (C=O) groups is 1. The second-order valence-corrected chi connectivity index (χ2v) is 6.50. The Balaban J connectivity index is 1.52. The van der Waals surface area contributed by atoms with Crippen LogP contribution in [0.4, 0.5) is 5.69 Å². The quantitative estimate of drug-likeness (QED) is 0.865. The van der Waals surface area contributed by atoms with Crippen molar-refractivity contribution in [1.29, 1.82) is 0 Å². The largest absolute Gasteiger partial charge is 0.376 e. The molecule has 3 heteroatoms. The van der Waals surface area contributed by atoms with Crippen LogP contribution in [-0.4, -0.2) is 29.9 Å². The minimum absolute atomic E-state index is 0.270. The summed E-state index contributed by atoms with van der Waals surface area (Å²) in [5, 5.41) is 3.25. The molecule has 0 saturated heterocycles. The molecule has 0 heterocycles. The lowest BCUT2D eigenvalue weighted by atomic mass is 9.89. The number of nitrogens with one attached hydrogen (secondary N) is 1. The Morgan fingerprint density at radius 1 is 1.05 bits per heavy atom. The number of hydrogen-bond donors (Lipinski definition) is 1. The summed E-state index contributed by atoms with van der Waals surface area (Å²) in [6, 6.07) is 10.5. The van der Waals surface area contributed by atoms with Crippen LogP contribution in [0.25, 0.3) is 0 Å². The number of rotatable bonds is 6. The highest BCUT2D eigenvalue weighted by Crippen LogP contribution is 2.31. The Hall–Kier alpha value is -1.51. The third-order valence-corrected chi connectivity index (χ3v) is 4.71. The van der Waals surface area contributed by atoms with E-state index < -0.39 is 0 Å². The van der Waals surface area contributed by atoms with Crippen molar-refractivity contribution >= 4 is 11.6 Å². The molecule has 0 atom stereocenters. The van der Waals surface area contributed by atoms with Gasteiger partial charge >= 0.3 is 0 Å². The number of nitrogens with zero attached hydrogens (tertiary/aromatic N) is 1. The van der Waals surface area contributed by atoms with Gasteiger partial charge in [-0.05, 0) is 43.7 Å². The van der Waals surface area contributed by atoms with E-state index in [4.69, 9.17) is 0 Å². The number of amides is 1. The predicted octanol–water partition coefficient (Wildman–Crippen LogP) is 3.67. The first-order valence-electron chi connectivity index (χ1n) is 8.41. The van der Waals surface area contributed by atoms with Crippen molar-refractivity contribution in [3.63, 3.8) is 0 Å². The van der Waals surface area contributed by atoms with Gasteiger partial charge in [-0.1, -0.05) is 37.5 Å².